The van der Waals surface area contributed by atoms with Gasteiger partial charge in [0.1, 0.15) is 24.2 Å². The van der Waals surface area contributed by atoms with E-state index in [9.17, 15) is 26.3 Å². The number of halogens is 6. The lowest BCUT2D eigenvalue weighted by molar-refractivity contribution is -0.345. The van der Waals surface area contributed by atoms with Crippen LogP contribution in [0.15, 0.2) is 48.5 Å². The average molecular weight is 465 g/mol. The first-order chi connectivity index (χ1) is 14.9. The third-order valence-electron chi connectivity index (χ3n) is 4.41. The number of benzene rings is 2. The van der Waals surface area contributed by atoms with Crippen LogP contribution in [-0.4, -0.2) is 51.0 Å². The van der Waals surface area contributed by atoms with E-state index in [-0.39, 0.29) is 18.8 Å². The number of rotatable bonds is 11. The fraction of sp³-hybridized carbons (Fsp3) is 0.455. The van der Waals surface area contributed by atoms with E-state index in [1.165, 1.54) is 18.2 Å². The van der Waals surface area contributed by atoms with Crippen molar-refractivity contribution in [2.75, 3.05) is 27.2 Å². The molecule has 178 valence electrons. The summed E-state index contributed by atoms with van der Waals surface area (Å²) in [6, 6.07) is 12.5. The van der Waals surface area contributed by atoms with Crippen LogP contribution < -0.4 is 9.47 Å². The summed E-state index contributed by atoms with van der Waals surface area (Å²) in [7, 11) is 3.49. The van der Waals surface area contributed by atoms with Crippen LogP contribution in [0.1, 0.15) is 17.5 Å². The van der Waals surface area contributed by atoms with E-state index < -0.39 is 18.8 Å². The molecule has 1 atom stereocenters. The molecule has 1 unspecified atom stereocenters. The van der Waals surface area contributed by atoms with E-state index in [4.69, 9.17) is 4.74 Å². The molecular formula is C22H25F6NO3. The molecule has 0 fully saturated rings. The first-order valence-electron chi connectivity index (χ1n) is 9.86. The molecule has 0 spiro atoms. The van der Waals surface area contributed by atoms with E-state index in [0.29, 0.717) is 36.3 Å². The Morgan fingerprint density at radius 2 is 1.59 bits per heavy atom. The van der Waals surface area contributed by atoms with Crippen molar-refractivity contribution in [1.29, 1.82) is 0 Å². The Kier molecular flexibility index (Phi) is 9.21. The predicted octanol–water partition coefficient (Wildman–Crippen LogP) is 5.61. The zero-order chi connectivity index (χ0) is 23.8. The third-order valence-corrected chi connectivity index (χ3v) is 4.41. The van der Waals surface area contributed by atoms with Crippen molar-refractivity contribution in [1.82, 2.24) is 4.90 Å². The molecule has 0 saturated heterocycles. The summed E-state index contributed by atoms with van der Waals surface area (Å²) in [5.74, 6) is 0.0865. The summed E-state index contributed by atoms with van der Waals surface area (Å²) in [4.78, 5) is 1.75. The fourth-order valence-corrected chi connectivity index (χ4v) is 2.98. The first kappa shape index (κ1) is 25.8. The molecule has 0 aliphatic rings. The highest BCUT2D eigenvalue weighted by molar-refractivity contribution is 5.35. The van der Waals surface area contributed by atoms with Crippen molar-refractivity contribution >= 4 is 0 Å². The number of ether oxygens (including phenoxy) is 3. The Bertz CT molecular complexity index is 839. The van der Waals surface area contributed by atoms with Gasteiger partial charge < -0.3 is 14.4 Å². The molecule has 4 nitrogen and oxygen atoms in total. The van der Waals surface area contributed by atoms with Gasteiger partial charge in [0.2, 0.25) is 0 Å². The standard InChI is InChI=1S/C22H25F6NO3/c1-29(2)13-12-19(32-22(26,27)28)15-30-20-9-4-3-7-17(20)11-10-16-6-5-8-18(14-16)31-21(23,24)25/h3-9,14,19H,10-13,15H2,1-2H3. The maximum absolute atomic E-state index is 12.7. The minimum absolute atomic E-state index is 0.126. The van der Waals surface area contributed by atoms with Crippen molar-refractivity contribution in [2.24, 2.45) is 0 Å². The topological polar surface area (TPSA) is 30.9 Å². The highest BCUT2D eigenvalue weighted by atomic mass is 19.4. The molecule has 0 aliphatic heterocycles. The Morgan fingerprint density at radius 3 is 2.25 bits per heavy atom. The van der Waals surface area contributed by atoms with Gasteiger partial charge in [-0.15, -0.1) is 26.3 Å². The van der Waals surface area contributed by atoms with Gasteiger partial charge in [0.05, 0.1) is 0 Å². The van der Waals surface area contributed by atoms with Crippen LogP contribution in [0.5, 0.6) is 11.5 Å². The van der Waals surface area contributed by atoms with E-state index in [2.05, 4.69) is 9.47 Å². The number of aryl methyl sites for hydroxylation is 2. The zero-order valence-corrected chi connectivity index (χ0v) is 17.7. The molecule has 0 saturated carbocycles. The summed E-state index contributed by atoms with van der Waals surface area (Å²) in [5, 5.41) is 0. The highest BCUT2D eigenvalue weighted by Gasteiger charge is 2.34. The smallest absolute Gasteiger partial charge is 0.491 e. The van der Waals surface area contributed by atoms with Gasteiger partial charge >= 0.3 is 12.7 Å². The van der Waals surface area contributed by atoms with E-state index >= 15 is 0 Å². The Labute approximate surface area is 182 Å². The zero-order valence-electron chi connectivity index (χ0n) is 17.7. The van der Waals surface area contributed by atoms with Gasteiger partial charge in [0.15, 0.2) is 0 Å². The van der Waals surface area contributed by atoms with Crippen LogP contribution in [0.3, 0.4) is 0 Å². The molecule has 0 heterocycles. The van der Waals surface area contributed by atoms with E-state index in [1.54, 1.807) is 49.3 Å². The second kappa shape index (κ2) is 11.4. The molecule has 2 aromatic rings. The summed E-state index contributed by atoms with van der Waals surface area (Å²) < 4.78 is 89.1. The predicted molar refractivity (Wildman–Crippen MR) is 107 cm³/mol. The Morgan fingerprint density at radius 1 is 0.875 bits per heavy atom. The van der Waals surface area contributed by atoms with Crippen LogP contribution in [0.4, 0.5) is 26.3 Å². The van der Waals surface area contributed by atoms with Crippen molar-refractivity contribution in [3.8, 4) is 11.5 Å². The minimum atomic E-state index is -4.78. The minimum Gasteiger partial charge on any atom is -0.491 e. The number of hydrogen-bond donors (Lipinski definition) is 0. The van der Waals surface area contributed by atoms with E-state index in [0.717, 1.165) is 0 Å². The molecule has 0 radical (unpaired) electrons. The van der Waals surface area contributed by atoms with Gasteiger partial charge in [-0.2, -0.15) is 0 Å². The van der Waals surface area contributed by atoms with Crippen molar-refractivity contribution in [2.45, 2.75) is 38.1 Å². The largest absolute Gasteiger partial charge is 0.573 e. The quantitative estimate of drug-likeness (QED) is 0.404. The average Bonchev–Trinajstić information content (AvgIpc) is 2.67. The number of nitrogens with zero attached hydrogens (tertiary/aromatic N) is 1. The number of hydrogen-bond acceptors (Lipinski definition) is 4. The molecule has 0 aliphatic carbocycles. The van der Waals surface area contributed by atoms with Gasteiger partial charge in [0.25, 0.3) is 0 Å². The molecule has 2 aromatic carbocycles. The maximum atomic E-state index is 12.7. The lowest BCUT2D eigenvalue weighted by Crippen LogP contribution is -2.32. The molecule has 10 heteroatoms. The fourth-order valence-electron chi connectivity index (χ4n) is 2.98. The van der Waals surface area contributed by atoms with Crippen molar-refractivity contribution < 1.29 is 40.6 Å². The van der Waals surface area contributed by atoms with Crippen LogP contribution >= 0.6 is 0 Å². The Hall–Kier alpha value is -2.46. The second-order valence-corrected chi connectivity index (χ2v) is 7.39. The van der Waals surface area contributed by atoms with Gasteiger partial charge in [-0.3, -0.25) is 4.74 Å². The molecule has 0 amide bonds. The van der Waals surface area contributed by atoms with Crippen LogP contribution in [0.2, 0.25) is 0 Å². The monoisotopic (exact) mass is 465 g/mol. The summed E-state index contributed by atoms with van der Waals surface area (Å²) in [6.45, 7) is 0.0986. The van der Waals surface area contributed by atoms with Gasteiger partial charge in [-0.25, -0.2) is 0 Å². The van der Waals surface area contributed by atoms with Crippen LogP contribution in [-0.2, 0) is 17.6 Å². The summed E-state index contributed by atoms with van der Waals surface area (Å²) in [5.41, 5.74) is 1.33. The van der Waals surface area contributed by atoms with Gasteiger partial charge in [-0.05, 0) is 62.7 Å². The maximum Gasteiger partial charge on any atom is 0.573 e. The van der Waals surface area contributed by atoms with E-state index in [1.807, 2.05) is 0 Å². The Balaban J connectivity index is 2.02. The molecule has 0 N–H and O–H groups in total. The lowest BCUT2D eigenvalue weighted by atomic mass is 10.0. The summed E-state index contributed by atoms with van der Waals surface area (Å²) in [6.07, 6.45) is -9.81. The molecule has 0 bridgehead atoms. The number of para-hydroxylation sites is 1. The van der Waals surface area contributed by atoms with Crippen LogP contribution in [0, 0.1) is 0 Å². The van der Waals surface area contributed by atoms with Crippen LogP contribution in [0.25, 0.3) is 0 Å². The SMILES string of the molecule is CN(C)CCC(COc1ccccc1CCc1cccc(OC(F)(F)F)c1)OC(F)(F)F. The molecule has 32 heavy (non-hydrogen) atoms. The molecule has 0 aromatic heterocycles. The van der Waals surface area contributed by atoms with Crippen molar-refractivity contribution in [3.05, 3.63) is 59.7 Å². The normalized spacial score (nSPS) is 13.3. The van der Waals surface area contributed by atoms with Gasteiger partial charge in [0, 0.05) is 6.54 Å². The molecule has 2 rings (SSSR count). The molecular weight excluding hydrogens is 440 g/mol. The summed E-state index contributed by atoms with van der Waals surface area (Å²) >= 11 is 0. The van der Waals surface area contributed by atoms with Gasteiger partial charge in [-0.1, -0.05) is 30.3 Å². The first-order valence-corrected chi connectivity index (χ1v) is 9.86. The van der Waals surface area contributed by atoms with Crippen molar-refractivity contribution in [3.63, 3.8) is 0 Å². The second-order valence-electron chi connectivity index (χ2n) is 7.39. The highest BCUT2D eigenvalue weighted by Crippen LogP contribution is 2.26. The lowest BCUT2D eigenvalue weighted by Gasteiger charge is -2.22. The number of alkyl halides is 6. The third kappa shape index (κ3) is 10.2.